The largest absolute Gasteiger partial charge is 0.326 e. The fourth-order valence-corrected chi connectivity index (χ4v) is 3.50. The SMILES string of the molecule is CCCC(=O)N(Cc1cccnc1)C1CC(=O)N(c2ccc(I)cc2)C1=O. The Morgan fingerprint density at radius 3 is 2.63 bits per heavy atom. The molecule has 2 aromatic rings. The van der Waals surface area contributed by atoms with Gasteiger partial charge in [0.1, 0.15) is 6.04 Å². The Labute approximate surface area is 171 Å². The van der Waals surface area contributed by atoms with E-state index in [9.17, 15) is 14.4 Å². The molecule has 1 aromatic carbocycles. The first-order chi connectivity index (χ1) is 13.0. The first kappa shape index (κ1) is 19.5. The van der Waals surface area contributed by atoms with Crippen molar-refractivity contribution in [2.24, 2.45) is 0 Å². The predicted octanol–water partition coefficient (Wildman–Crippen LogP) is 3.15. The van der Waals surface area contributed by atoms with Crippen LogP contribution in [-0.4, -0.2) is 33.6 Å². The topological polar surface area (TPSA) is 70.6 Å². The van der Waals surface area contributed by atoms with Gasteiger partial charge in [0, 0.05) is 28.9 Å². The minimum absolute atomic E-state index is 0.000532. The summed E-state index contributed by atoms with van der Waals surface area (Å²) in [5, 5.41) is 0. The minimum Gasteiger partial charge on any atom is -0.326 e. The third-order valence-electron chi connectivity index (χ3n) is 4.44. The number of hydrogen-bond donors (Lipinski definition) is 0. The van der Waals surface area contributed by atoms with Crippen LogP contribution in [0.4, 0.5) is 5.69 Å². The lowest BCUT2D eigenvalue weighted by molar-refractivity contribution is -0.139. The zero-order valence-corrected chi connectivity index (χ0v) is 17.1. The second kappa shape index (κ2) is 8.60. The van der Waals surface area contributed by atoms with Crippen LogP contribution in [0.15, 0.2) is 48.8 Å². The molecule has 3 amide bonds. The highest BCUT2D eigenvalue weighted by Gasteiger charge is 2.44. The molecule has 0 radical (unpaired) electrons. The number of aromatic nitrogens is 1. The zero-order chi connectivity index (χ0) is 19.4. The number of benzene rings is 1. The van der Waals surface area contributed by atoms with Gasteiger partial charge in [0.15, 0.2) is 0 Å². The van der Waals surface area contributed by atoms with Gasteiger partial charge in [-0.05, 0) is 64.9 Å². The number of halogens is 1. The monoisotopic (exact) mass is 477 g/mol. The van der Waals surface area contributed by atoms with Crippen molar-refractivity contribution in [3.8, 4) is 0 Å². The van der Waals surface area contributed by atoms with Gasteiger partial charge in [0.2, 0.25) is 11.8 Å². The van der Waals surface area contributed by atoms with Crippen LogP contribution in [0.3, 0.4) is 0 Å². The molecule has 0 aliphatic carbocycles. The van der Waals surface area contributed by atoms with E-state index in [1.807, 2.05) is 25.1 Å². The quantitative estimate of drug-likeness (QED) is 0.474. The van der Waals surface area contributed by atoms with E-state index < -0.39 is 6.04 Å². The van der Waals surface area contributed by atoms with E-state index in [1.54, 1.807) is 30.6 Å². The van der Waals surface area contributed by atoms with Crippen LogP contribution in [-0.2, 0) is 20.9 Å². The van der Waals surface area contributed by atoms with E-state index in [0.29, 0.717) is 18.5 Å². The van der Waals surface area contributed by atoms with Crippen molar-refractivity contribution in [3.63, 3.8) is 0 Å². The van der Waals surface area contributed by atoms with Crippen molar-refractivity contribution in [2.45, 2.75) is 38.8 Å². The van der Waals surface area contributed by atoms with E-state index in [1.165, 1.54) is 9.80 Å². The fraction of sp³-hybridized carbons (Fsp3) is 0.300. The molecule has 27 heavy (non-hydrogen) atoms. The van der Waals surface area contributed by atoms with Crippen LogP contribution >= 0.6 is 22.6 Å². The second-order valence-corrected chi connectivity index (χ2v) is 7.64. The molecule has 6 nitrogen and oxygen atoms in total. The third-order valence-corrected chi connectivity index (χ3v) is 5.16. The average Bonchev–Trinajstić information content (AvgIpc) is 2.96. The molecule has 1 aromatic heterocycles. The normalized spacial score (nSPS) is 16.7. The van der Waals surface area contributed by atoms with Crippen LogP contribution in [0.1, 0.15) is 31.7 Å². The van der Waals surface area contributed by atoms with Gasteiger partial charge >= 0.3 is 0 Å². The smallest absolute Gasteiger partial charge is 0.257 e. The van der Waals surface area contributed by atoms with Crippen molar-refractivity contribution in [2.75, 3.05) is 4.90 Å². The molecule has 0 N–H and O–H groups in total. The number of pyridine rings is 1. The molecule has 1 aliphatic heterocycles. The molecule has 1 atom stereocenters. The van der Waals surface area contributed by atoms with Gasteiger partial charge in [-0.1, -0.05) is 13.0 Å². The van der Waals surface area contributed by atoms with Crippen molar-refractivity contribution < 1.29 is 14.4 Å². The lowest BCUT2D eigenvalue weighted by Crippen LogP contribution is -2.45. The summed E-state index contributed by atoms with van der Waals surface area (Å²) in [6.45, 7) is 2.18. The Kier molecular flexibility index (Phi) is 6.20. The molecule has 0 bridgehead atoms. The fourth-order valence-electron chi connectivity index (χ4n) is 3.14. The van der Waals surface area contributed by atoms with Crippen molar-refractivity contribution >= 4 is 46.0 Å². The van der Waals surface area contributed by atoms with Crippen LogP contribution in [0, 0.1) is 3.57 Å². The van der Waals surface area contributed by atoms with Crippen molar-refractivity contribution in [3.05, 3.63) is 57.9 Å². The highest BCUT2D eigenvalue weighted by molar-refractivity contribution is 14.1. The van der Waals surface area contributed by atoms with Crippen molar-refractivity contribution in [1.82, 2.24) is 9.88 Å². The molecular weight excluding hydrogens is 457 g/mol. The summed E-state index contributed by atoms with van der Waals surface area (Å²) >= 11 is 2.17. The number of imide groups is 1. The Balaban J connectivity index is 1.88. The molecule has 1 saturated heterocycles. The number of hydrogen-bond acceptors (Lipinski definition) is 4. The average molecular weight is 477 g/mol. The zero-order valence-electron chi connectivity index (χ0n) is 15.0. The standard InChI is InChI=1S/C20H20IN3O3/c1-2-4-18(25)23(13-14-5-3-10-22-12-14)17-11-19(26)24(20(17)27)16-8-6-15(21)7-9-16/h3,5-10,12,17H,2,4,11,13H2,1H3. The van der Waals surface area contributed by atoms with E-state index in [0.717, 1.165) is 9.13 Å². The van der Waals surface area contributed by atoms with E-state index in [2.05, 4.69) is 27.6 Å². The Morgan fingerprint density at radius 2 is 2.00 bits per heavy atom. The maximum Gasteiger partial charge on any atom is 0.257 e. The lowest BCUT2D eigenvalue weighted by Gasteiger charge is -2.27. The number of amides is 3. The van der Waals surface area contributed by atoms with Gasteiger partial charge in [-0.2, -0.15) is 0 Å². The Morgan fingerprint density at radius 1 is 1.26 bits per heavy atom. The molecule has 1 unspecified atom stereocenters. The molecule has 0 saturated carbocycles. The third kappa shape index (κ3) is 4.35. The van der Waals surface area contributed by atoms with Crippen LogP contribution in [0.25, 0.3) is 0 Å². The molecule has 0 spiro atoms. The highest BCUT2D eigenvalue weighted by Crippen LogP contribution is 2.27. The molecule has 3 rings (SSSR count). The first-order valence-electron chi connectivity index (χ1n) is 8.82. The number of anilines is 1. The van der Waals surface area contributed by atoms with E-state index in [4.69, 9.17) is 0 Å². The van der Waals surface area contributed by atoms with Gasteiger partial charge in [0.25, 0.3) is 5.91 Å². The maximum atomic E-state index is 13.0. The lowest BCUT2D eigenvalue weighted by atomic mass is 10.1. The van der Waals surface area contributed by atoms with Gasteiger partial charge < -0.3 is 4.90 Å². The first-order valence-corrected chi connectivity index (χ1v) is 9.90. The predicted molar refractivity (Wildman–Crippen MR) is 110 cm³/mol. The Bertz CT molecular complexity index is 839. The maximum absolute atomic E-state index is 13.0. The summed E-state index contributed by atoms with van der Waals surface area (Å²) in [7, 11) is 0. The van der Waals surface area contributed by atoms with Gasteiger partial charge in [-0.15, -0.1) is 0 Å². The van der Waals surface area contributed by atoms with Crippen LogP contribution in [0.2, 0.25) is 0 Å². The highest BCUT2D eigenvalue weighted by atomic mass is 127. The van der Waals surface area contributed by atoms with Gasteiger partial charge in [-0.25, -0.2) is 4.90 Å². The van der Waals surface area contributed by atoms with Crippen molar-refractivity contribution in [1.29, 1.82) is 0 Å². The van der Waals surface area contributed by atoms with Crippen LogP contribution in [0.5, 0.6) is 0 Å². The number of rotatable bonds is 6. The molecular formula is C20H20IN3O3. The Hall–Kier alpha value is -2.29. The second-order valence-electron chi connectivity index (χ2n) is 6.40. The van der Waals surface area contributed by atoms with E-state index in [-0.39, 0.29) is 30.7 Å². The summed E-state index contributed by atoms with van der Waals surface area (Å²) in [5.74, 6) is -0.766. The van der Waals surface area contributed by atoms with Gasteiger partial charge in [0.05, 0.1) is 12.1 Å². The number of carbonyl (C=O) groups is 3. The molecule has 1 fully saturated rings. The van der Waals surface area contributed by atoms with Crippen LogP contribution < -0.4 is 4.90 Å². The van der Waals surface area contributed by atoms with Gasteiger partial charge in [-0.3, -0.25) is 19.4 Å². The minimum atomic E-state index is -0.781. The summed E-state index contributed by atoms with van der Waals surface area (Å²) in [6.07, 6.45) is 4.34. The summed E-state index contributed by atoms with van der Waals surface area (Å²) in [5.41, 5.74) is 1.37. The molecule has 7 heteroatoms. The summed E-state index contributed by atoms with van der Waals surface area (Å²) in [4.78, 5) is 45.1. The number of carbonyl (C=O) groups excluding carboxylic acids is 3. The molecule has 140 valence electrons. The molecule has 2 heterocycles. The summed E-state index contributed by atoms with van der Waals surface area (Å²) in [6, 6.07) is 10.1. The summed E-state index contributed by atoms with van der Waals surface area (Å²) < 4.78 is 1.02. The van der Waals surface area contributed by atoms with E-state index >= 15 is 0 Å². The molecule has 1 aliphatic rings. The number of nitrogens with zero attached hydrogens (tertiary/aromatic N) is 3.